The third-order valence-electron chi connectivity index (χ3n) is 9.22. The lowest BCUT2D eigenvalue weighted by molar-refractivity contribution is -0.249. The summed E-state index contributed by atoms with van der Waals surface area (Å²) in [5.74, 6) is -4.81. The molecule has 0 spiro atoms. The molecule has 0 heterocycles. The average Bonchev–Trinajstić information content (AvgIpc) is 2.79. The zero-order chi connectivity index (χ0) is 29.6. The van der Waals surface area contributed by atoms with Crippen LogP contribution in [0.5, 0.6) is 0 Å². The fraction of sp³-hybridized carbons (Fsp3) is 0.786. The van der Waals surface area contributed by atoms with Gasteiger partial charge in [0.05, 0.1) is 6.10 Å². The number of esters is 4. The van der Waals surface area contributed by atoms with Gasteiger partial charge in [-0.15, -0.1) is 0 Å². The smallest absolute Gasteiger partial charge is 0.303 e. The summed E-state index contributed by atoms with van der Waals surface area (Å²) in [6, 6.07) is 0. The molecular weight excluding hydrogens is 512 g/mol. The zero-order valence-corrected chi connectivity index (χ0v) is 23.9. The largest absolute Gasteiger partial charge is 0.462 e. The maximum absolute atomic E-state index is 12.6. The second-order valence-electron chi connectivity index (χ2n) is 11.9. The van der Waals surface area contributed by atoms with Crippen LogP contribution in [0.15, 0.2) is 11.1 Å². The molecule has 0 amide bonds. The van der Waals surface area contributed by atoms with Crippen molar-refractivity contribution in [3.8, 4) is 0 Å². The van der Waals surface area contributed by atoms with Crippen molar-refractivity contribution in [2.24, 2.45) is 28.6 Å². The summed E-state index contributed by atoms with van der Waals surface area (Å²) in [7, 11) is 0. The van der Waals surface area contributed by atoms with Gasteiger partial charge in [-0.2, -0.15) is 0 Å². The molecule has 0 aromatic carbocycles. The first-order valence-electron chi connectivity index (χ1n) is 13.3. The van der Waals surface area contributed by atoms with E-state index in [2.05, 4.69) is 0 Å². The molecule has 2 saturated carbocycles. The molecule has 0 saturated heterocycles. The highest BCUT2D eigenvalue weighted by molar-refractivity contribution is 5.68. The number of hydrogen-bond donors (Lipinski definition) is 3. The Labute approximate surface area is 228 Å². The summed E-state index contributed by atoms with van der Waals surface area (Å²) >= 11 is 0. The van der Waals surface area contributed by atoms with Crippen LogP contribution in [-0.4, -0.2) is 82.4 Å². The number of aliphatic hydroxyl groups is 3. The topological polar surface area (TPSA) is 166 Å². The van der Waals surface area contributed by atoms with Crippen molar-refractivity contribution >= 4 is 23.9 Å². The van der Waals surface area contributed by atoms with E-state index in [1.165, 1.54) is 27.7 Å². The van der Waals surface area contributed by atoms with Gasteiger partial charge in [-0.1, -0.05) is 20.8 Å². The van der Waals surface area contributed by atoms with Gasteiger partial charge in [-0.3, -0.25) is 19.2 Å². The minimum absolute atomic E-state index is 0.101. The highest BCUT2D eigenvalue weighted by Gasteiger charge is 2.67. The summed E-state index contributed by atoms with van der Waals surface area (Å²) in [5.41, 5.74) is -1.25. The molecule has 39 heavy (non-hydrogen) atoms. The number of carbonyl (C=O) groups excluding carboxylic acids is 4. The fourth-order valence-electron chi connectivity index (χ4n) is 7.57. The Morgan fingerprint density at radius 1 is 0.846 bits per heavy atom. The SMILES string of the molecule is CC(=O)OC1C[C@H]2[C@@H](OC(C)=O)C3[C@H](CO)C(OC(C)=O)C[C@H](O)[C@@]3(C)[C@@H](O)[C@H](OC(C)=O)C(=C1C)C2(C)C. The predicted octanol–water partition coefficient (Wildman–Crippen LogP) is 1.45. The van der Waals surface area contributed by atoms with Crippen LogP contribution in [0.3, 0.4) is 0 Å². The summed E-state index contributed by atoms with van der Waals surface area (Å²) < 4.78 is 22.9. The molecule has 220 valence electrons. The molecule has 3 rings (SSSR count). The van der Waals surface area contributed by atoms with Crippen molar-refractivity contribution in [3.05, 3.63) is 11.1 Å². The van der Waals surface area contributed by atoms with E-state index in [1.54, 1.807) is 13.8 Å². The molecule has 0 aromatic heterocycles. The molecule has 3 aliphatic rings. The molecule has 11 nitrogen and oxygen atoms in total. The molecule has 0 aromatic rings. The zero-order valence-electron chi connectivity index (χ0n) is 23.9. The Kier molecular flexibility index (Phi) is 8.89. The highest BCUT2D eigenvalue weighted by atomic mass is 16.6. The van der Waals surface area contributed by atoms with E-state index in [1.807, 2.05) is 13.8 Å². The number of fused-ring (bicyclic) bond motifs is 3. The van der Waals surface area contributed by atoms with Gasteiger partial charge >= 0.3 is 23.9 Å². The van der Waals surface area contributed by atoms with Gasteiger partial charge in [0.1, 0.15) is 24.4 Å². The fourth-order valence-corrected chi connectivity index (χ4v) is 7.57. The number of aliphatic hydroxyl groups excluding tert-OH is 3. The number of carbonyl (C=O) groups is 4. The summed E-state index contributed by atoms with van der Waals surface area (Å²) in [4.78, 5) is 48.9. The van der Waals surface area contributed by atoms with Crippen molar-refractivity contribution in [2.45, 2.75) is 105 Å². The molecule has 11 heteroatoms. The van der Waals surface area contributed by atoms with E-state index in [0.29, 0.717) is 11.1 Å². The Morgan fingerprint density at radius 2 is 1.38 bits per heavy atom. The Bertz CT molecular complexity index is 1030. The quantitative estimate of drug-likeness (QED) is 0.256. The van der Waals surface area contributed by atoms with Gasteiger partial charge in [0.25, 0.3) is 0 Å². The second-order valence-corrected chi connectivity index (χ2v) is 11.9. The molecule has 0 aliphatic heterocycles. The van der Waals surface area contributed by atoms with Crippen LogP contribution in [0.4, 0.5) is 0 Å². The van der Waals surface area contributed by atoms with Gasteiger partial charge in [0.2, 0.25) is 0 Å². The molecule has 2 bridgehead atoms. The Morgan fingerprint density at radius 3 is 1.87 bits per heavy atom. The van der Waals surface area contributed by atoms with Crippen LogP contribution in [0.2, 0.25) is 0 Å². The third kappa shape index (κ3) is 5.45. The lowest BCUT2D eigenvalue weighted by atomic mass is 9.47. The predicted molar refractivity (Wildman–Crippen MR) is 136 cm³/mol. The van der Waals surface area contributed by atoms with E-state index in [-0.39, 0.29) is 12.8 Å². The van der Waals surface area contributed by atoms with Gasteiger partial charge in [-0.05, 0) is 29.9 Å². The van der Waals surface area contributed by atoms with Gasteiger partial charge in [0, 0.05) is 63.9 Å². The standard InChI is InChI=1S/C28H42O11/c1-12-19(36-13(2)30)9-18-24(38-15(4)32)23-17(11-29)20(37-14(3)31)10-21(34)28(23,8)26(35)25(39-16(5)33)22(12)27(18,6)7/h17-21,23-26,29,34-35H,9-11H2,1-8H3/t17-,18+,19?,20?,21+,23?,24-,25-,26+,28-/m1/s1. The molecule has 0 radical (unpaired) electrons. The maximum Gasteiger partial charge on any atom is 0.303 e. The van der Waals surface area contributed by atoms with Crippen LogP contribution in [0.1, 0.15) is 68.2 Å². The summed E-state index contributed by atoms with van der Waals surface area (Å²) in [5, 5.41) is 34.3. The second kappa shape index (κ2) is 11.2. The molecule has 3 aliphatic carbocycles. The van der Waals surface area contributed by atoms with Crippen LogP contribution < -0.4 is 0 Å². The summed E-state index contributed by atoms with van der Waals surface area (Å²) in [6.07, 6.45) is -6.68. The first-order valence-corrected chi connectivity index (χ1v) is 13.3. The van der Waals surface area contributed by atoms with Gasteiger partial charge in [0.15, 0.2) is 6.10 Å². The van der Waals surface area contributed by atoms with Crippen molar-refractivity contribution in [1.29, 1.82) is 0 Å². The van der Waals surface area contributed by atoms with Gasteiger partial charge in [-0.25, -0.2) is 0 Å². The maximum atomic E-state index is 12.6. The lowest BCUT2D eigenvalue weighted by Gasteiger charge is -2.62. The van der Waals surface area contributed by atoms with Crippen molar-refractivity contribution < 1.29 is 53.4 Å². The molecule has 10 atom stereocenters. The minimum atomic E-state index is -1.53. The van der Waals surface area contributed by atoms with Crippen molar-refractivity contribution in [3.63, 3.8) is 0 Å². The number of rotatable bonds is 5. The van der Waals surface area contributed by atoms with Crippen LogP contribution >= 0.6 is 0 Å². The van der Waals surface area contributed by atoms with Crippen molar-refractivity contribution in [2.75, 3.05) is 6.61 Å². The average molecular weight is 555 g/mol. The number of hydrogen-bond acceptors (Lipinski definition) is 11. The normalized spacial score (nSPS) is 39.4. The Hall–Kier alpha value is -2.50. The molecule has 3 N–H and O–H groups in total. The molecule has 3 unspecified atom stereocenters. The van der Waals surface area contributed by atoms with Gasteiger partial charge < -0.3 is 34.3 Å². The monoisotopic (exact) mass is 554 g/mol. The van der Waals surface area contributed by atoms with Crippen LogP contribution in [-0.2, 0) is 38.1 Å². The van der Waals surface area contributed by atoms with E-state index < -0.39 is 95.7 Å². The Balaban J connectivity index is 2.40. The first-order chi connectivity index (χ1) is 18.0. The number of ether oxygens (including phenoxy) is 4. The third-order valence-corrected chi connectivity index (χ3v) is 9.22. The lowest BCUT2D eigenvalue weighted by Crippen LogP contribution is -2.69. The first kappa shape index (κ1) is 31.0. The van der Waals surface area contributed by atoms with E-state index >= 15 is 0 Å². The minimum Gasteiger partial charge on any atom is -0.462 e. The summed E-state index contributed by atoms with van der Waals surface area (Å²) in [6.45, 7) is 11.5. The van der Waals surface area contributed by atoms with E-state index in [9.17, 15) is 34.5 Å². The van der Waals surface area contributed by atoms with E-state index in [0.717, 1.165) is 0 Å². The molecular formula is C28H42O11. The van der Waals surface area contributed by atoms with Crippen molar-refractivity contribution in [1.82, 2.24) is 0 Å². The van der Waals surface area contributed by atoms with Crippen LogP contribution in [0.25, 0.3) is 0 Å². The molecule has 2 fully saturated rings. The highest BCUT2D eigenvalue weighted by Crippen LogP contribution is 2.60. The van der Waals surface area contributed by atoms with Crippen LogP contribution in [0, 0.1) is 28.6 Å². The van der Waals surface area contributed by atoms with E-state index in [4.69, 9.17) is 18.9 Å².